The van der Waals surface area contributed by atoms with Crippen LogP contribution in [0, 0.1) is 6.92 Å². The molecule has 0 spiro atoms. The number of benzene rings is 2. The number of anilines is 1. The third-order valence-corrected chi connectivity index (χ3v) is 5.77. The highest BCUT2D eigenvalue weighted by Crippen LogP contribution is 2.28. The average Bonchev–Trinajstić information content (AvgIpc) is 3.08. The van der Waals surface area contributed by atoms with Crippen LogP contribution in [0.4, 0.5) is 10.5 Å². The van der Waals surface area contributed by atoms with E-state index in [1.165, 1.54) is 4.90 Å². The van der Waals surface area contributed by atoms with Gasteiger partial charge in [0.15, 0.2) is 0 Å². The molecule has 0 aromatic heterocycles. The number of nitrogens with two attached hydrogens (primary N) is 1. The quantitative estimate of drug-likeness (QED) is 0.529. The number of imide groups is 1. The van der Waals surface area contributed by atoms with Crippen LogP contribution in [-0.4, -0.2) is 34.7 Å². The molecule has 2 aliphatic rings. The van der Waals surface area contributed by atoms with Gasteiger partial charge in [-0.25, -0.2) is 4.79 Å². The van der Waals surface area contributed by atoms with Gasteiger partial charge in [0.2, 0.25) is 11.8 Å². The Hall–Kier alpha value is -3.72. The summed E-state index contributed by atoms with van der Waals surface area (Å²) in [6, 6.07) is 10.0. The monoisotopic (exact) mass is 435 g/mol. The fourth-order valence-corrected chi connectivity index (χ4v) is 4.07. The maximum atomic E-state index is 12.8. The molecular weight excluding hydrogens is 410 g/mol. The molecule has 1 saturated heterocycles. The molecule has 9 nitrogen and oxygen atoms in total. The first-order chi connectivity index (χ1) is 15.4. The summed E-state index contributed by atoms with van der Waals surface area (Å²) >= 11 is 0. The molecule has 4 rings (SSSR count). The van der Waals surface area contributed by atoms with Crippen LogP contribution in [0.3, 0.4) is 0 Å². The number of nitrogens with zero attached hydrogens (tertiary/aromatic N) is 1. The number of urea groups is 1. The van der Waals surface area contributed by atoms with E-state index in [9.17, 15) is 19.2 Å². The Bertz CT molecular complexity index is 1110. The number of aryl methyl sites for hydroxylation is 1. The Morgan fingerprint density at radius 3 is 2.75 bits per heavy atom. The molecule has 166 valence electrons. The summed E-state index contributed by atoms with van der Waals surface area (Å²) in [7, 11) is 0. The van der Waals surface area contributed by atoms with E-state index in [4.69, 9.17) is 5.73 Å². The largest absolute Gasteiger partial charge is 0.334 e. The molecule has 2 aromatic rings. The van der Waals surface area contributed by atoms with Crippen molar-refractivity contribution in [1.29, 1.82) is 0 Å². The molecule has 0 aliphatic carbocycles. The van der Waals surface area contributed by atoms with Crippen molar-refractivity contribution in [3.63, 3.8) is 0 Å². The lowest BCUT2D eigenvalue weighted by atomic mass is 10.0. The highest BCUT2D eigenvalue weighted by Gasteiger charge is 2.39. The van der Waals surface area contributed by atoms with Gasteiger partial charge in [0.25, 0.3) is 5.91 Å². The highest BCUT2D eigenvalue weighted by molar-refractivity contribution is 6.05. The lowest BCUT2D eigenvalue weighted by molar-refractivity contribution is -0.136. The summed E-state index contributed by atoms with van der Waals surface area (Å²) in [4.78, 5) is 50.2. The Morgan fingerprint density at radius 2 is 2.00 bits per heavy atom. The number of hydrogen-bond acceptors (Lipinski definition) is 5. The van der Waals surface area contributed by atoms with Gasteiger partial charge in [-0.15, -0.1) is 0 Å². The number of piperidine rings is 1. The van der Waals surface area contributed by atoms with E-state index >= 15 is 0 Å². The summed E-state index contributed by atoms with van der Waals surface area (Å²) < 4.78 is 0. The SMILES string of the molecule is Cc1ccc(CN)c(NC(=O)NCc2ccc3c(c2)CN(C2CCC(=O)NC2=O)C3=O)c1. The van der Waals surface area contributed by atoms with Gasteiger partial charge in [-0.2, -0.15) is 0 Å². The Balaban J connectivity index is 1.39. The molecular formula is C23H25N5O4. The maximum absolute atomic E-state index is 12.8. The predicted octanol–water partition coefficient (Wildman–Crippen LogP) is 1.54. The Morgan fingerprint density at radius 1 is 1.19 bits per heavy atom. The van der Waals surface area contributed by atoms with Crippen LogP contribution in [0.5, 0.6) is 0 Å². The number of fused-ring (bicyclic) bond motifs is 1. The van der Waals surface area contributed by atoms with Gasteiger partial charge < -0.3 is 21.3 Å². The van der Waals surface area contributed by atoms with Crippen LogP contribution in [-0.2, 0) is 29.2 Å². The average molecular weight is 435 g/mol. The minimum Gasteiger partial charge on any atom is -0.334 e. The number of hydrogen-bond donors (Lipinski definition) is 4. The van der Waals surface area contributed by atoms with Crippen molar-refractivity contribution in [1.82, 2.24) is 15.5 Å². The predicted molar refractivity (Wildman–Crippen MR) is 117 cm³/mol. The van der Waals surface area contributed by atoms with Gasteiger partial charge in [-0.05, 0) is 47.7 Å². The second-order valence-corrected chi connectivity index (χ2v) is 8.06. The molecule has 1 unspecified atom stereocenters. The molecule has 0 saturated carbocycles. The fourth-order valence-electron chi connectivity index (χ4n) is 4.07. The Kier molecular flexibility index (Phi) is 5.91. The summed E-state index contributed by atoms with van der Waals surface area (Å²) in [5.41, 5.74) is 10.4. The van der Waals surface area contributed by atoms with E-state index < -0.39 is 11.9 Å². The van der Waals surface area contributed by atoms with Crippen LogP contribution in [0.15, 0.2) is 36.4 Å². The molecule has 1 fully saturated rings. The lowest BCUT2D eigenvalue weighted by Gasteiger charge is -2.29. The number of nitrogens with one attached hydrogen (secondary N) is 3. The van der Waals surface area contributed by atoms with Crippen LogP contribution in [0.25, 0.3) is 0 Å². The third-order valence-electron chi connectivity index (χ3n) is 5.77. The smallest absolute Gasteiger partial charge is 0.319 e. The van der Waals surface area contributed by atoms with Crippen LogP contribution in [0.2, 0.25) is 0 Å². The van der Waals surface area contributed by atoms with E-state index in [0.29, 0.717) is 30.8 Å². The van der Waals surface area contributed by atoms with Crippen LogP contribution in [0.1, 0.15) is 45.5 Å². The molecule has 0 bridgehead atoms. The van der Waals surface area contributed by atoms with Gasteiger partial charge in [0.05, 0.1) is 0 Å². The van der Waals surface area contributed by atoms with E-state index in [-0.39, 0.29) is 30.8 Å². The van der Waals surface area contributed by atoms with Crippen molar-refractivity contribution in [3.8, 4) is 0 Å². The van der Waals surface area contributed by atoms with Crippen molar-refractivity contribution in [2.75, 3.05) is 5.32 Å². The minimum atomic E-state index is -0.647. The van der Waals surface area contributed by atoms with E-state index in [2.05, 4.69) is 16.0 Å². The molecule has 32 heavy (non-hydrogen) atoms. The van der Waals surface area contributed by atoms with Crippen molar-refractivity contribution >= 4 is 29.4 Å². The van der Waals surface area contributed by atoms with Crippen LogP contribution >= 0.6 is 0 Å². The number of rotatable bonds is 5. The molecule has 2 aliphatic heterocycles. The number of carbonyl (C=O) groups is 4. The summed E-state index contributed by atoms with van der Waals surface area (Å²) in [5.74, 6) is -0.972. The third kappa shape index (κ3) is 4.33. The summed E-state index contributed by atoms with van der Waals surface area (Å²) in [5, 5.41) is 7.94. The second kappa shape index (κ2) is 8.80. The van der Waals surface area contributed by atoms with Gasteiger partial charge >= 0.3 is 6.03 Å². The summed E-state index contributed by atoms with van der Waals surface area (Å²) in [6.45, 7) is 2.82. The minimum absolute atomic E-state index is 0.216. The maximum Gasteiger partial charge on any atom is 0.319 e. The first kappa shape index (κ1) is 21.5. The number of amides is 5. The van der Waals surface area contributed by atoms with Crippen molar-refractivity contribution in [3.05, 3.63) is 64.2 Å². The molecule has 0 radical (unpaired) electrons. The zero-order chi connectivity index (χ0) is 22.8. The molecule has 2 heterocycles. The van der Waals surface area contributed by atoms with E-state index in [1.54, 1.807) is 12.1 Å². The molecule has 1 atom stereocenters. The molecule has 9 heteroatoms. The van der Waals surface area contributed by atoms with Crippen molar-refractivity contribution < 1.29 is 19.2 Å². The van der Waals surface area contributed by atoms with Gasteiger partial charge in [-0.3, -0.25) is 19.7 Å². The van der Waals surface area contributed by atoms with Gasteiger partial charge in [0, 0.05) is 37.3 Å². The second-order valence-electron chi connectivity index (χ2n) is 8.06. The van der Waals surface area contributed by atoms with Gasteiger partial charge in [-0.1, -0.05) is 24.3 Å². The fraction of sp³-hybridized carbons (Fsp3) is 0.304. The van der Waals surface area contributed by atoms with Gasteiger partial charge in [0.1, 0.15) is 6.04 Å². The van der Waals surface area contributed by atoms with Crippen molar-refractivity contribution in [2.45, 2.75) is 45.4 Å². The van der Waals surface area contributed by atoms with E-state index in [1.807, 2.05) is 31.2 Å². The molecule has 2 aromatic carbocycles. The highest BCUT2D eigenvalue weighted by atomic mass is 16.2. The summed E-state index contributed by atoms with van der Waals surface area (Å²) in [6.07, 6.45) is 0.538. The topological polar surface area (TPSA) is 134 Å². The first-order valence-electron chi connectivity index (χ1n) is 10.5. The first-order valence-corrected chi connectivity index (χ1v) is 10.5. The standard InChI is InChI=1S/C23H25N5O4/c1-13-2-4-15(10-24)18(8-13)26-23(32)25-11-14-3-5-17-16(9-14)12-28(22(17)31)19-6-7-20(29)27-21(19)30/h2-5,8-9,19H,6-7,10-12,24H2,1H3,(H2,25,26,32)(H,27,29,30). The molecule has 5 N–H and O–H groups in total. The lowest BCUT2D eigenvalue weighted by Crippen LogP contribution is -2.52. The van der Waals surface area contributed by atoms with Crippen LogP contribution < -0.4 is 21.7 Å². The van der Waals surface area contributed by atoms with Crippen molar-refractivity contribution in [2.24, 2.45) is 5.73 Å². The zero-order valence-electron chi connectivity index (χ0n) is 17.7. The Labute approximate surface area is 185 Å². The normalized spacial score (nSPS) is 17.8. The number of carbonyl (C=O) groups excluding carboxylic acids is 4. The molecule has 5 amide bonds. The van der Waals surface area contributed by atoms with E-state index in [0.717, 1.165) is 22.3 Å². The zero-order valence-corrected chi connectivity index (χ0v) is 17.7.